The molecule has 2 rings (SSSR count). The molecule has 1 aliphatic rings. The lowest BCUT2D eigenvalue weighted by Crippen LogP contribution is -2.35. The molecule has 0 unspecified atom stereocenters. The average molecular weight is 317 g/mol. The van der Waals surface area contributed by atoms with E-state index in [2.05, 4.69) is 23.5 Å². The molecular weight excluding hydrogens is 294 g/mol. The van der Waals surface area contributed by atoms with Crippen molar-refractivity contribution in [3.05, 3.63) is 43.2 Å². The van der Waals surface area contributed by atoms with Crippen LogP contribution in [0.25, 0.3) is 0 Å². The molecule has 1 aromatic rings. The Kier molecular flexibility index (Phi) is 6.14. The minimum atomic E-state index is -0.322. The number of rotatable bonds is 8. The van der Waals surface area contributed by atoms with Gasteiger partial charge in [-0.25, -0.2) is 4.98 Å². The highest BCUT2D eigenvalue weighted by Crippen LogP contribution is 2.27. The summed E-state index contributed by atoms with van der Waals surface area (Å²) in [5.74, 6) is 0.220. The molecule has 23 heavy (non-hydrogen) atoms. The molecule has 1 fully saturated rings. The predicted molar refractivity (Wildman–Crippen MR) is 86.6 cm³/mol. The Balaban J connectivity index is 2.00. The molecule has 2 amide bonds. The second-order valence-electron chi connectivity index (χ2n) is 5.61. The van der Waals surface area contributed by atoms with Crippen LogP contribution in [-0.4, -0.2) is 34.8 Å². The maximum Gasteiger partial charge on any atom is 0.273 e. The number of carbonyl (C=O) groups excluding carboxylic acids is 2. The molecule has 124 valence electrons. The van der Waals surface area contributed by atoms with Crippen LogP contribution in [0.5, 0.6) is 0 Å². The second-order valence-corrected chi connectivity index (χ2v) is 5.61. The molecule has 0 saturated heterocycles. The Hall–Kier alpha value is -2.37. The molecular formula is C17H23N3O3. The highest BCUT2D eigenvalue weighted by Gasteiger charge is 2.27. The monoisotopic (exact) mass is 317 g/mol. The summed E-state index contributed by atoms with van der Waals surface area (Å²) in [7, 11) is 0. The topological polar surface area (TPSA) is 75.4 Å². The Labute approximate surface area is 136 Å². The number of carbonyl (C=O) groups is 2. The number of amides is 2. The molecule has 0 aliphatic heterocycles. The zero-order valence-electron chi connectivity index (χ0n) is 13.3. The Morgan fingerprint density at radius 3 is 2.74 bits per heavy atom. The number of nitrogens with zero attached hydrogens (tertiary/aromatic N) is 2. The minimum absolute atomic E-state index is 0.0836. The van der Waals surface area contributed by atoms with E-state index in [1.165, 1.54) is 6.26 Å². The highest BCUT2D eigenvalue weighted by molar-refractivity contribution is 5.92. The van der Waals surface area contributed by atoms with Crippen LogP contribution in [0.2, 0.25) is 0 Å². The van der Waals surface area contributed by atoms with Crippen molar-refractivity contribution in [2.24, 2.45) is 5.92 Å². The molecule has 0 bridgehead atoms. The van der Waals surface area contributed by atoms with Gasteiger partial charge in [-0.15, -0.1) is 13.2 Å². The fourth-order valence-corrected chi connectivity index (χ4v) is 2.73. The molecule has 6 nitrogen and oxygen atoms in total. The van der Waals surface area contributed by atoms with E-state index in [0.29, 0.717) is 19.0 Å². The van der Waals surface area contributed by atoms with Crippen molar-refractivity contribution in [3.63, 3.8) is 0 Å². The third-order valence-corrected chi connectivity index (χ3v) is 3.88. The van der Waals surface area contributed by atoms with Gasteiger partial charge in [0.1, 0.15) is 6.26 Å². The van der Waals surface area contributed by atoms with Crippen molar-refractivity contribution in [1.29, 1.82) is 0 Å². The number of aromatic nitrogens is 1. The smallest absolute Gasteiger partial charge is 0.273 e. The first-order chi connectivity index (χ1) is 11.2. The second kappa shape index (κ2) is 8.31. The molecule has 0 atom stereocenters. The van der Waals surface area contributed by atoms with Crippen LogP contribution in [0.1, 0.15) is 42.1 Å². The fourth-order valence-electron chi connectivity index (χ4n) is 2.73. The minimum Gasteiger partial charge on any atom is -0.446 e. The van der Waals surface area contributed by atoms with E-state index in [4.69, 9.17) is 4.42 Å². The van der Waals surface area contributed by atoms with Gasteiger partial charge in [0.25, 0.3) is 5.91 Å². The van der Waals surface area contributed by atoms with Gasteiger partial charge < -0.3 is 14.6 Å². The first-order valence-electron chi connectivity index (χ1n) is 7.89. The molecule has 1 saturated carbocycles. The van der Waals surface area contributed by atoms with Gasteiger partial charge >= 0.3 is 0 Å². The quantitative estimate of drug-likeness (QED) is 0.746. The van der Waals surface area contributed by atoms with E-state index >= 15 is 0 Å². The van der Waals surface area contributed by atoms with Crippen molar-refractivity contribution in [1.82, 2.24) is 15.2 Å². The molecule has 1 aliphatic carbocycles. The van der Waals surface area contributed by atoms with Gasteiger partial charge in [-0.1, -0.05) is 25.0 Å². The molecule has 1 N–H and O–H groups in total. The third-order valence-electron chi connectivity index (χ3n) is 3.88. The van der Waals surface area contributed by atoms with Crippen LogP contribution >= 0.6 is 0 Å². The van der Waals surface area contributed by atoms with Crippen LogP contribution in [-0.2, 0) is 11.3 Å². The van der Waals surface area contributed by atoms with Gasteiger partial charge in [0.15, 0.2) is 5.69 Å². The van der Waals surface area contributed by atoms with Crippen molar-refractivity contribution >= 4 is 11.8 Å². The highest BCUT2D eigenvalue weighted by atomic mass is 16.3. The number of hydrogen-bond donors (Lipinski definition) is 1. The summed E-state index contributed by atoms with van der Waals surface area (Å²) in [6, 6.07) is 0. The Bertz CT molecular complexity index is 573. The molecule has 6 heteroatoms. The van der Waals surface area contributed by atoms with Gasteiger partial charge in [-0.3, -0.25) is 9.59 Å². The van der Waals surface area contributed by atoms with Crippen molar-refractivity contribution in [2.75, 3.05) is 13.1 Å². The number of nitrogens with one attached hydrogen (secondary N) is 1. The summed E-state index contributed by atoms with van der Waals surface area (Å²) < 4.78 is 5.33. The number of oxazole rings is 1. The Morgan fingerprint density at radius 1 is 1.35 bits per heavy atom. The molecule has 1 aromatic heterocycles. The van der Waals surface area contributed by atoms with Gasteiger partial charge in [-0.2, -0.15) is 0 Å². The maximum absolute atomic E-state index is 12.5. The molecule has 0 aromatic carbocycles. The SMILES string of the molecule is C=CCNC(=O)c1coc(CN(CC=C)C(=O)C2CCCC2)n1. The zero-order valence-corrected chi connectivity index (χ0v) is 13.3. The van der Waals surface area contributed by atoms with Crippen LogP contribution in [0.15, 0.2) is 36.0 Å². The number of hydrogen-bond acceptors (Lipinski definition) is 4. The lowest BCUT2D eigenvalue weighted by atomic mass is 10.1. The van der Waals surface area contributed by atoms with Crippen LogP contribution < -0.4 is 5.32 Å². The summed E-state index contributed by atoms with van der Waals surface area (Å²) in [5, 5.41) is 2.63. The van der Waals surface area contributed by atoms with E-state index < -0.39 is 0 Å². The van der Waals surface area contributed by atoms with Crippen LogP contribution in [0.4, 0.5) is 0 Å². The van der Waals surface area contributed by atoms with Gasteiger partial charge in [-0.05, 0) is 12.8 Å². The first kappa shape index (κ1) is 17.0. The van der Waals surface area contributed by atoms with E-state index in [9.17, 15) is 9.59 Å². The summed E-state index contributed by atoms with van der Waals surface area (Å²) in [4.78, 5) is 30.2. The largest absolute Gasteiger partial charge is 0.446 e. The lowest BCUT2D eigenvalue weighted by molar-refractivity contribution is -0.135. The standard InChI is InChI=1S/C17H23N3O3/c1-3-9-18-16(21)14-12-23-15(19-14)11-20(10-4-2)17(22)13-7-5-6-8-13/h3-4,12-13H,1-2,5-11H2,(H,18,21). The predicted octanol–water partition coefficient (Wildman–Crippen LogP) is 2.30. The Morgan fingerprint density at radius 2 is 2.09 bits per heavy atom. The van der Waals surface area contributed by atoms with E-state index in [0.717, 1.165) is 25.7 Å². The van der Waals surface area contributed by atoms with Gasteiger partial charge in [0, 0.05) is 19.0 Å². The summed E-state index contributed by atoms with van der Waals surface area (Å²) in [5.41, 5.74) is 0.203. The van der Waals surface area contributed by atoms with E-state index in [1.807, 2.05) is 0 Å². The van der Waals surface area contributed by atoms with Gasteiger partial charge in [0.2, 0.25) is 11.8 Å². The van der Waals surface area contributed by atoms with Crippen LogP contribution in [0.3, 0.4) is 0 Å². The molecule has 1 heterocycles. The van der Waals surface area contributed by atoms with Gasteiger partial charge in [0.05, 0.1) is 6.54 Å². The van der Waals surface area contributed by atoms with Crippen molar-refractivity contribution in [3.8, 4) is 0 Å². The first-order valence-corrected chi connectivity index (χ1v) is 7.89. The van der Waals surface area contributed by atoms with E-state index in [-0.39, 0.29) is 30.0 Å². The summed E-state index contributed by atoms with van der Waals surface area (Å²) in [6.45, 7) is 8.29. The zero-order chi connectivity index (χ0) is 16.7. The van der Waals surface area contributed by atoms with Crippen molar-refractivity contribution < 1.29 is 14.0 Å². The van der Waals surface area contributed by atoms with E-state index in [1.54, 1.807) is 17.1 Å². The summed E-state index contributed by atoms with van der Waals surface area (Å²) >= 11 is 0. The normalized spacial score (nSPS) is 14.4. The maximum atomic E-state index is 12.5. The summed E-state index contributed by atoms with van der Waals surface area (Å²) in [6.07, 6.45) is 8.66. The van der Waals surface area contributed by atoms with Crippen molar-refractivity contribution in [2.45, 2.75) is 32.2 Å². The van der Waals surface area contributed by atoms with Crippen LogP contribution in [0, 0.1) is 5.92 Å². The average Bonchev–Trinajstić information content (AvgIpc) is 3.23. The fraction of sp³-hybridized carbons (Fsp3) is 0.471. The lowest BCUT2D eigenvalue weighted by Gasteiger charge is -2.22. The third kappa shape index (κ3) is 4.55. The molecule has 0 spiro atoms. The molecule has 0 radical (unpaired) electrons.